The smallest absolute Gasteiger partial charge is 0.277 e. The van der Waals surface area contributed by atoms with Crippen LogP contribution in [0.3, 0.4) is 0 Å². The molecule has 0 radical (unpaired) electrons. The Labute approximate surface area is 148 Å². The Morgan fingerprint density at radius 2 is 1.73 bits per heavy atom. The van der Waals surface area contributed by atoms with E-state index < -0.39 is 21.7 Å². The monoisotopic (exact) mass is 375 g/mol. The van der Waals surface area contributed by atoms with Gasteiger partial charge >= 0.3 is 0 Å². The van der Waals surface area contributed by atoms with Crippen molar-refractivity contribution in [3.63, 3.8) is 0 Å². The van der Waals surface area contributed by atoms with Gasteiger partial charge in [0, 0.05) is 6.07 Å². The van der Waals surface area contributed by atoms with Crippen LogP contribution in [0.25, 0.3) is 11.3 Å². The minimum Gasteiger partial charge on any atom is -0.355 e. The lowest BCUT2D eigenvalue weighted by Crippen LogP contribution is -2.16. The summed E-state index contributed by atoms with van der Waals surface area (Å²) >= 11 is 0. The third-order valence-corrected chi connectivity index (χ3v) is 3.94. The predicted molar refractivity (Wildman–Crippen MR) is 94.8 cm³/mol. The van der Waals surface area contributed by atoms with E-state index in [9.17, 15) is 17.6 Å². The molecule has 0 bridgehead atoms. The van der Waals surface area contributed by atoms with Crippen LogP contribution in [-0.2, 0) is 10.0 Å². The van der Waals surface area contributed by atoms with E-state index in [1.165, 1.54) is 36.4 Å². The maximum absolute atomic E-state index is 13.8. The molecule has 0 unspecified atom stereocenters. The lowest BCUT2D eigenvalue weighted by molar-refractivity contribution is 0.101. The van der Waals surface area contributed by atoms with Gasteiger partial charge in [0.15, 0.2) is 11.5 Å². The number of nitrogens with zero attached hydrogens (tertiary/aromatic N) is 1. The van der Waals surface area contributed by atoms with Crippen molar-refractivity contribution in [1.82, 2.24) is 5.16 Å². The predicted octanol–water partition coefficient (Wildman–Crippen LogP) is 3.10. The highest BCUT2D eigenvalue weighted by molar-refractivity contribution is 7.92. The molecule has 9 heteroatoms. The number of para-hydroxylation sites is 2. The number of amides is 1. The first kappa shape index (κ1) is 17.6. The van der Waals surface area contributed by atoms with Crippen LogP contribution in [0.5, 0.6) is 0 Å². The summed E-state index contributed by atoms with van der Waals surface area (Å²) in [5.74, 6) is -1.02. The van der Waals surface area contributed by atoms with E-state index >= 15 is 0 Å². The molecule has 3 rings (SSSR count). The Hall–Kier alpha value is -3.20. The molecule has 26 heavy (non-hydrogen) atoms. The van der Waals surface area contributed by atoms with Crippen LogP contribution in [-0.4, -0.2) is 25.7 Å². The number of hydrogen-bond acceptors (Lipinski definition) is 5. The second-order valence-electron chi connectivity index (χ2n) is 5.43. The van der Waals surface area contributed by atoms with Crippen LogP contribution in [0, 0.1) is 5.82 Å². The number of hydrogen-bond donors (Lipinski definition) is 2. The molecule has 0 fully saturated rings. The average molecular weight is 375 g/mol. The first-order valence-electron chi connectivity index (χ1n) is 7.43. The summed E-state index contributed by atoms with van der Waals surface area (Å²) in [6, 6.07) is 13.5. The van der Waals surface area contributed by atoms with Crippen molar-refractivity contribution in [2.24, 2.45) is 0 Å². The summed E-state index contributed by atoms with van der Waals surface area (Å²) in [6.45, 7) is 0. The first-order valence-corrected chi connectivity index (χ1v) is 9.32. The second kappa shape index (κ2) is 6.96. The Bertz CT molecular complexity index is 1060. The molecule has 1 heterocycles. The minimum absolute atomic E-state index is 0.0718. The number of rotatable bonds is 5. The molecule has 1 aromatic heterocycles. The van der Waals surface area contributed by atoms with Gasteiger partial charge in [-0.3, -0.25) is 9.52 Å². The summed E-state index contributed by atoms with van der Waals surface area (Å²) in [6.07, 6.45) is 1.00. The minimum atomic E-state index is -3.51. The van der Waals surface area contributed by atoms with Gasteiger partial charge in [-0.1, -0.05) is 29.4 Å². The third-order valence-electron chi connectivity index (χ3n) is 3.35. The number of anilines is 2. The van der Waals surface area contributed by atoms with Crippen molar-refractivity contribution in [3.05, 3.63) is 66.1 Å². The highest BCUT2D eigenvalue weighted by Crippen LogP contribution is 2.25. The van der Waals surface area contributed by atoms with Gasteiger partial charge in [-0.25, -0.2) is 12.8 Å². The molecule has 0 atom stereocenters. The van der Waals surface area contributed by atoms with Gasteiger partial charge in [0.1, 0.15) is 5.82 Å². The molecule has 0 aliphatic carbocycles. The van der Waals surface area contributed by atoms with E-state index in [2.05, 4.69) is 15.2 Å². The molecule has 3 aromatic rings. The van der Waals surface area contributed by atoms with Gasteiger partial charge in [-0.15, -0.1) is 0 Å². The summed E-state index contributed by atoms with van der Waals surface area (Å²) < 4.78 is 44.0. The molecular formula is C17H14FN3O4S. The number of carbonyl (C=O) groups is 1. The lowest BCUT2D eigenvalue weighted by Gasteiger charge is -2.10. The van der Waals surface area contributed by atoms with Crippen LogP contribution >= 0.6 is 0 Å². The summed E-state index contributed by atoms with van der Waals surface area (Å²) in [5, 5.41) is 6.19. The number of halogens is 1. The molecule has 0 saturated carbocycles. The SMILES string of the molecule is CS(=O)(=O)Nc1ccccc1NC(=O)c1cc(-c2ccccc2F)on1. The van der Waals surface area contributed by atoms with E-state index in [4.69, 9.17) is 4.52 Å². The first-order chi connectivity index (χ1) is 12.3. The van der Waals surface area contributed by atoms with Gasteiger partial charge < -0.3 is 9.84 Å². The van der Waals surface area contributed by atoms with Gasteiger partial charge in [0.25, 0.3) is 5.91 Å². The number of sulfonamides is 1. The molecule has 1 amide bonds. The summed E-state index contributed by atoms with van der Waals surface area (Å²) in [4.78, 5) is 12.4. The van der Waals surface area contributed by atoms with Gasteiger partial charge in [0.2, 0.25) is 10.0 Å². The Balaban J connectivity index is 1.83. The van der Waals surface area contributed by atoms with Crippen LogP contribution in [0.4, 0.5) is 15.8 Å². The normalized spacial score (nSPS) is 11.2. The fraction of sp³-hybridized carbons (Fsp3) is 0.0588. The zero-order valence-corrected chi connectivity index (χ0v) is 14.4. The highest BCUT2D eigenvalue weighted by atomic mass is 32.2. The average Bonchev–Trinajstić information content (AvgIpc) is 3.06. The van der Waals surface area contributed by atoms with Crippen molar-refractivity contribution >= 4 is 27.3 Å². The van der Waals surface area contributed by atoms with Gasteiger partial charge in [-0.05, 0) is 24.3 Å². The molecule has 0 spiro atoms. The van der Waals surface area contributed by atoms with E-state index in [1.54, 1.807) is 18.2 Å². The van der Waals surface area contributed by atoms with Crippen LogP contribution in [0.1, 0.15) is 10.5 Å². The van der Waals surface area contributed by atoms with Crippen molar-refractivity contribution in [2.75, 3.05) is 16.3 Å². The number of benzene rings is 2. The second-order valence-corrected chi connectivity index (χ2v) is 7.18. The number of aromatic nitrogens is 1. The molecule has 0 aliphatic rings. The Morgan fingerprint density at radius 3 is 2.42 bits per heavy atom. The fourth-order valence-corrected chi connectivity index (χ4v) is 2.81. The molecular weight excluding hydrogens is 361 g/mol. The zero-order valence-electron chi connectivity index (χ0n) is 13.6. The van der Waals surface area contributed by atoms with E-state index in [0.717, 1.165) is 6.26 Å². The largest absolute Gasteiger partial charge is 0.355 e. The van der Waals surface area contributed by atoms with Crippen molar-refractivity contribution < 1.29 is 22.1 Å². The number of carbonyl (C=O) groups excluding carboxylic acids is 1. The Morgan fingerprint density at radius 1 is 1.08 bits per heavy atom. The molecule has 0 saturated heterocycles. The molecule has 7 nitrogen and oxygen atoms in total. The molecule has 2 N–H and O–H groups in total. The van der Waals surface area contributed by atoms with E-state index in [1.807, 2.05) is 0 Å². The zero-order chi connectivity index (χ0) is 18.7. The van der Waals surface area contributed by atoms with Crippen LogP contribution < -0.4 is 10.0 Å². The van der Waals surface area contributed by atoms with Crippen molar-refractivity contribution in [1.29, 1.82) is 0 Å². The lowest BCUT2D eigenvalue weighted by atomic mass is 10.1. The summed E-state index contributed by atoms with van der Waals surface area (Å²) in [7, 11) is -3.51. The molecule has 0 aliphatic heterocycles. The van der Waals surface area contributed by atoms with Crippen LogP contribution in [0.2, 0.25) is 0 Å². The van der Waals surface area contributed by atoms with Crippen molar-refractivity contribution in [3.8, 4) is 11.3 Å². The third kappa shape index (κ3) is 4.06. The van der Waals surface area contributed by atoms with Gasteiger partial charge in [0.05, 0.1) is 23.2 Å². The van der Waals surface area contributed by atoms with Crippen LogP contribution in [0.15, 0.2) is 59.1 Å². The van der Waals surface area contributed by atoms with Gasteiger partial charge in [-0.2, -0.15) is 0 Å². The van der Waals surface area contributed by atoms with E-state index in [-0.39, 0.29) is 28.4 Å². The maximum Gasteiger partial charge on any atom is 0.277 e. The standard InChI is InChI=1S/C17H14FN3O4S/c1-26(23,24)21-14-9-5-4-8-13(14)19-17(22)15-10-16(25-20-15)11-6-2-3-7-12(11)18/h2-10,21H,1H3,(H,19,22). The highest BCUT2D eigenvalue weighted by Gasteiger charge is 2.17. The fourth-order valence-electron chi connectivity index (χ4n) is 2.24. The summed E-state index contributed by atoms with van der Waals surface area (Å²) in [5.41, 5.74) is 0.565. The Kier molecular flexibility index (Phi) is 4.72. The quantitative estimate of drug-likeness (QED) is 0.714. The molecule has 2 aromatic carbocycles. The topological polar surface area (TPSA) is 101 Å². The van der Waals surface area contributed by atoms with E-state index in [0.29, 0.717) is 0 Å². The maximum atomic E-state index is 13.8. The number of nitrogens with one attached hydrogen (secondary N) is 2. The van der Waals surface area contributed by atoms with Crippen molar-refractivity contribution in [2.45, 2.75) is 0 Å². The molecule has 134 valence electrons.